The van der Waals surface area contributed by atoms with Crippen LogP contribution in [0.25, 0.3) is 0 Å². The van der Waals surface area contributed by atoms with Crippen molar-refractivity contribution in [2.75, 3.05) is 7.05 Å². The number of hydrogen-bond acceptors (Lipinski definition) is 4. The molecule has 0 bridgehead atoms. The molecule has 0 aliphatic carbocycles. The van der Waals surface area contributed by atoms with Crippen LogP contribution in [0.4, 0.5) is 0 Å². The number of halogens is 1. The van der Waals surface area contributed by atoms with Crippen molar-refractivity contribution in [3.8, 4) is 0 Å². The van der Waals surface area contributed by atoms with E-state index in [0.717, 1.165) is 41.6 Å². The van der Waals surface area contributed by atoms with Crippen molar-refractivity contribution < 1.29 is 4.52 Å². The molecule has 8 heteroatoms. The number of aryl methyl sites for hydroxylation is 2. The Morgan fingerprint density at radius 2 is 1.88 bits per heavy atom. The van der Waals surface area contributed by atoms with Gasteiger partial charge in [0.2, 0.25) is 0 Å². The topological polar surface area (TPSA) is 80.3 Å². The Morgan fingerprint density at radius 3 is 2.42 bits per heavy atom. The molecule has 2 aromatic heterocycles. The summed E-state index contributed by atoms with van der Waals surface area (Å²) >= 11 is 0. The van der Waals surface area contributed by atoms with Crippen LogP contribution >= 0.6 is 24.0 Å². The molecule has 0 radical (unpaired) electrons. The fourth-order valence-corrected chi connectivity index (χ4v) is 2.95. The Labute approximate surface area is 173 Å². The lowest BCUT2D eigenvalue weighted by molar-refractivity contribution is 0.368. The molecule has 0 aromatic carbocycles. The Kier molecular flexibility index (Phi) is 9.11. The molecule has 0 saturated carbocycles. The number of rotatable bonds is 7. The van der Waals surface area contributed by atoms with Gasteiger partial charge in [0.05, 0.1) is 17.9 Å². The summed E-state index contributed by atoms with van der Waals surface area (Å²) in [7, 11) is 3.72. The van der Waals surface area contributed by atoms with E-state index in [1.807, 2.05) is 24.7 Å². The van der Waals surface area contributed by atoms with Gasteiger partial charge in [-0.1, -0.05) is 19.0 Å². The highest BCUT2D eigenvalue weighted by Crippen LogP contribution is 2.22. The summed E-state index contributed by atoms with van der Waals surface area (Å²) in [6.45, 7) is 9.68. The zero-order valence-corrected chi connectivity index (χ0v) is 18.9. The van der Waals surface area contributed by atoms with Gasteiger partial charge in [-0.05, 0) is 26.7 Å². The van der Waals surface area contributed by atoms with Crippen LogP contribution in [0.2, 0.25) is 0 Å². The molecule has 0 saturated heterocycles. The maximum absolute atomic E-state index is 5.44. The predicted molar refractivity (Wildman–Crippen MR) is 115 cm³/mol. The number of guanidine groups is 1. The van der Waals surface area contributed by atoms with Gasteiger partial charge < -0.3 is 15.2 Å². The quantitative estimate of drug-likeness (QED) is 0.365. The summed E-state index contributed by atoms with van der Waals surface area (Å²) in [6, 6.07) is 2.04. The zero-order valence-electron chi connectivity index (χ0n) is 16.6. The zero-order chi connectivity index (χ0) is 18.4. The van der Waals surface area contributed by atoms with Crippen LogP contribution in [0.1, 0.15) is 61.0 Å². The average molecular weight is 474 g/mol. The monoisotopic (exact) mass is 474 g/mol. The van der Waals surface area contributed by atoms with Gasteiger partial charge in [-0.3, -0.25) is 9.67 Å². The van der Waals surface area contributed by atoms with E-state index in [4.69, 9.17) is 4.52 Å². The lowest BCUT2D eigenvalue weighted by Gasteiger charge is -2.11. The third-order valence-corrected chi connectivity index (χ3v) is 4.73. The number of aliphatic imine (C=N–C) groups is 1. The van der Waals surface area contributed by atoms with Crippen molar-refractivity contribution in [3.05, 3.63) is 34.5 Å². The fourth-order valence-electron chi connectivity index (χ4n) is 2.95. The smallest absolute Gasteiger partial charge is 0.191 e. The molecule has 7 nitrogen and oxygen atoms in total. The summed E-state index contributed by atoms with van der Waals surface area (Å²) in [6.07, 6.45) is 2.14. The second-order valence-corrected chi connectivity index (χ2v) is 6.28. The summed E-state index contributed by atoms with van der Waals surface area (Å²) in [5.41, 5.74) is 4.42. The molecule has 2 heterocycles. The van der Waals surface area contributed by atoms with Crippen LogP contribution in [0.5, 0.6) is 0 Å². The lowest BCUT2D eigenvalue weighted by atomic mass is 9.99. The van der Waals surface area contributed by atoms with E-state index in [1.54, 1.807) is 7.05 Å². The predicted octanol–water partition coefficient (Wildman–Crippen LogP) is 3.41. The SMILES string of the molecule is CCC(CC)c1cc(CNC(=NC)NCc2c(C)nn(C)c2C)on1.I. The van der Waals surface area contributed by atoms with Crippen LogP contribution in [0, 0.1) is 13.8 Å². The van der Waals surface area contributed by atoms with Gasteiger partial charge in [0.1, 0.15) is 0 Å². The van der Waals surface area contributed by atoms with Gasteiger partial charge in [-0.15, -0.1) is 24.0 Å². The van der Waals surface area contributed by atoms with E-state index in [9.17, 15) is 0 Å². The van der Waals surface area contributed by atoms with E-state index in [-0.39, 0.29) is 24.0 Å². The molecule has 2 rings (SSSR count). The van der Waals surface area contributed by atoms with Crippen LogP contribution in [-0.4, -0.2) is 27.9 Å². The summed E-state index contributed by atoms with van der Waals surface area (Å²) in [5.74, 6) is 2.01. The number of hydrogen-bond donors (Lipinski definition) is 2. The van der Waals surface area contributed by atoms with E-state index in [2.05, 4.69) is 46.7 Å². The number of nitrogens with one attached hydrogen (secondary N) is 2. The first-order chi connectivity index (χ1) is 12.0. The lowest BCUT2D eigenvalue weighted by Crippen LogP contribution is -2.36. The molecular weight excluding hydrogens is 443 g/mol. The van der Waals surface area contributed by atoms with Gasteiger partial charge in [-0.2, -0.15) is 5.10 Å². The molecule has 0 unspecified atom stereocenters. The van der Waals surface area contributed by atoms with Crippen molar-refractivity contribution in [2.45, 2.75) is 59.5 Å². The largest absolute Gasteiger partial charge is 0.359 e. The molecule has 0 fully saturated rings. The molecule has 2 N–H and O–H groups in total. The molecule has 0 aliphatic rings. The molecular formula is C18H31IN6O. The molecule has 0 amide bonds. The third-order valence-electron chi connectivity index (χ3n) is 4.73. The van der Waals surface area contributed by atoms with Gasteiger partial charge in [0.25, 0.3) is 0 Å². The first kappa shape index (κ1) is 22.5. The Hall–Kier alpha value is -1.58. The van der Waals surface area contributed by atoms with Gasteiger partial charge >= 0.3 is 0 Å². The second-order valence-electron chi connectivity index (χ2n) is 6.28. The van der Waals surface area contributed by atoms with Crippen molar-refractivity contribution in [3.63, 3.8) is 0 Å². The number of nitrogens with zero attached hydrogens (tertiary/aromatic N) is 4. The highest BCUT2D eigenvalue weighted by Gasteiger charge is 2.13. The molecule has 146 valence electrons. The van der Waals surface area contributed by atoms with Crippen LogP contribution in [0.15, 0.2) is 15.6 Å². The van der Waals surface area contributed by atoms with E-state index < -0.39 is 0 Å². The molecule has 0 aliphatic heterocycles. The molecule has 26 heavy (non-hydrogen) atoms. The van der Waals surface area contributed by atoms with Crippen molar-refractivity contribution >= 4 is 29.9 Å². The number of aromatic nitrogens is 3. The van der Waals surface area contributed by atoms with Crippen molar-refractivity contribution in [1.29, 1.82) is 0 Å². The average Bonchev–Trinajstić information content (AvgIpc) is 3.15. The molecule has 0 spiro atoms. The minimum absolute atomic E-state index is 0. The van der Waals surface area contributed by atoms with Crippen LogP contribution in [-0.2, 0) is 20.1 Å². The summed E-state index contributed by atoms with van der Waals surface area (Å²) in [5, 5.41) is 15.2. The fraction of sp³-hybridized carbons (Fsp3) is 0.611. The minimum Gasteiger partial charge on any atom is -0.359 e. The van der Waals surface area contributed by atoms with Crippen molar-refractivity contribution in [2.24, 2.45) is 12.0 Å². The maximum Gasteiger partial charge on any atom is 0.191 e. The Balaban J connectivity index is 0.00000338. The molecule has 0 atom stereocenters. The third kappa shape index (κ3) is 5.46. The van der Waals surface area contributed by atoms with Crippen molar-refractivity contribution in [1.82, 2.24) is 25.6 Å². The first-order valence-corrected chi connectivity index (χ1v) is 8.89. The Bertz CT molecular complexity index is 717. The van der Waals surface area contributed by atoms with Crippen LogP contribution < -0.4 is 10.6 Å². The maximum atomic E-state index is 5.44. The summed E-state index contributed by atoms with van der Waals surface area (Å²) < 4.78 is 7.34. The normalized spacial score (nSPS) is 11.6. The standard InChI is InChI=1S/C18H30N6O.HI/c1-7-14(8-2)17-9-15(25-23-17)10-20-18(19-5)21-11-16-12(3)22-24(6)13(16)4;/h9,14H,7-8,10-11H2,1-6H3,(H2,19,20,21);1H. The molecule has 2 aromatic rings. The Morgan fingerprint density at radius 1 is 1.23 bits per heavy atom. The van der Waals surface area contributed by atoms with E-state index in [1.165, 1.54) is 5.56 Å². The first-order valence-electron chi connectivity index (χ1n) is 8.89. The second kappa shape index (κ2) is 10.5. The van der Waals surface area contributed by atoms with Gasteiger partial charge in [0, 0.05) is 43.9 Å². The highest BCUT2D eigenvalue weighted by molar-refractivity contribution is 14.0. The van der Waals surface area contributed by atoms with Crippen LogP contribution in [0.3, 0.4) is 0 Å². The highest BCUT2D eigenvalue weighted by atomic mass is 127. The van der Waals surface area contributed by atoms with E-state index >= 15 is 0 Å². The summed E-state index contributed by atoms with van der Waals surface area (Å²) in [4.78, 5) is 4.26. The van der Waals surface area contributed by atoms with E-state index in [0.29, 0.717) is 19.0 Å². The van der Waals surface area contributed by atoms with Gasteiger partial charge in [-0.25, -0.2) is 0 Å². The van der Waals surface area contributed by atoms with Gasteiger partial charge in [0.15, 0.2) is 11.7 Å². The minimum atomic E-state index is 0.